The molecule has 0 radical (unpaired) electrons. The lowest BCUT2D eigenvalue weighted by molar-refractivity contribution is -0.384. The van der Waals surface area contributed by atoms with E-state index in [9.17, 15) is 24.5 Å². The first-order valence-electron chi connectivity index (χ1n) is 10.8. The lowest BCUT2D eigenvalue weighted by Crippen LogP contribution is -2.39. The van der Waals surface area contributed by atoms with Gasteiger partial charge in [0, 0.05) is 44.9 Å². The van der Waals surface area contributed by atoms with Gasteiger partial charge >= 0.3 is 5.69 Å². The molecule has 4 rings (SSSR count). The molecule has 1 aromatic carbocycles. The van der Waals surface area contributed by atoms with Crippen molar-refractivity contribution in [1.82, 2.24) is 24.0 Å². The average molecular weight is 485 g/mol. The number of nitrogens with zero attached hydrogens (tertiary/aromatic N) is 6. The van der Waals surface area contributed by atoms with E-state index in [-0.39, 0.29) is 39.2 Å². The van der Waals surface area contributed by atoms with Crippen LogP contribution in [0.25, 0.3) is 22.4 Å². The predicted molar refractivity (Wildman–Crippen MR) is 128 cm³/mol. The second-order valence-corrected chi connectivity index (χ2v) is 9.38. The zero-order chi connectivity index (χ0) is 24.6. The first kappa shape index (κ1) is 23.6. The van der Waals surface area contributed by atoms with E-state index in [1.165, 1.54) is 42.9 Å². The number of benzene rings is 1. The van der Waals surface area contributed by atoms with Crippen LogP contribution in [0, 0.1) is 16.0 Å². The molecule has 2 aromatic heterocycles. The Balaban J connectivity index is 1.77. The van der Waals surface area contributed by atoms with Crippen LogP contribution >= 0.6 is 11.8 Å². The number of likely N-dealkylation sites (tertiary alicyclic amines) is 1. The number of aromatic nitrogens is 4. The number of hydrogen-bond acceptors (Lipinski definition) is 8. The number of carbonyl (C=O) groups is 1. The molecule has 1 aliphatic rings. The summed E-state index contributed by atoms with van der Waals surface area (Å²) in [5, 5.41) is 11.4. The molecule has 0 unspecified atom stereocenters. The van der Waals surface area contributed by atoms with E-state index in [0.717, 1.165) is 29.2 Å². The summed E-state index contributed by atoms with van der Waals surface area (Å²) in [4.78, 5) is 59.5. The highest BCUT2D eigenvalue weighted by Gasteiger charge is 2.23. The molecule has 34 heavy (non-hydrogen) atoms. The Hall–Kier alpha value is -3.54. The van der Waals surface area contributed by atoms with Gasteiger partial charge in [-0.1, -0.05) is 18.7 Å². The Morgan fingerprint density at radius 2 is 1.76 bits per heavy atom. The molecular weight excluding hydrogens is 460 g/mol. The van der Waals surface area contributed by atoms with Crippen LogP contribution in [0.15, 0.2) is 38.9 Å². The molecule has 178 valence electrons. The van der Waals surface area contributed by atoms with Gasteiger partial charge in [-0.3, -0.25) is 28.8 Å². The molecule has 1 amide bonds. The standard InChI is InChI=1S/C22H24N6O5S/c1-13-8-10-27(11-9-13)16(29)12-34-20-17-19(25(2)22(31)26(3)21(17)30)23-18(24-20)14-4-6-15(7-5-14)28(32)33/h4-7,13H,8-12H2,1-3H3. The summed E-state index contributed by atoms with van der Waals surface area (Å²) in [7, 11) is 2.88. The number of rotatable bonds is 5. The van der Waals surface area contributed by atoms with Crippen LogP contribution in [0.2, 0.25) is 0 Å². The molecular formula is C22H24N6O5S. The highest BCUT2D eigenvalue weighted by atomic mass is 32.2. The summed E-state index contributed by atoms with van der Waals surface area (Å²) in [5.74, 6) is 0.845. The maximum Gasteiger partial charge on any atom is 0.332 e. The highest BCUT2D eigenvalue weighted by molar-refractivity contribution is 8.00. The van der Waals surface area contributed by atoms with Crippen molar-refractivity contribution in [3.05, 3.63) is 55.2 Å². The number of amides is 1. The maximum atomic E-state index is 13.0. The minimum Gasteiger partial charge on any atom is -0.342 e. The van der Waals surface area contributed by atoms with E-state index in [1.54, 1.807) is 0 Å². The zero-order valence-electron chi connectivity index (χ0n) is 19.1. The first-order valence-corrected chi connectivity index (χ1v) is 11.8. The largest absolute Gasteiger partial charge is 0.342 e. The lowest BCUT2D eigenvalue weighted by Gasteiger charge is -2.30. The van der Waals surface area contributed by atoms with Crippen molar-refractivity contribution in [2.45, 2.75) is 24.8 Å². The van der Waals surface area contributed by atoms with Gasteiger partial charge in [-0.15, -0.1) is 0 Å². The second-order valence-electron chi connectivity index (χ2n) is 8.41. The molecule has 3 heterocycles. The molecule has 12 heteroatoms. The van der Waals surface area contributed by atoms with Crippen molar-refractivity contribution in [1.29, 1.82) is 0 Å². The molecule has 3 aromatic rings. The smallest absolute Gasteiger partial charge is 0.332 e. The minimum absolute atomic E-state index is 0.0396. The fourth-order valence-corrected chi connectivity index (χ4v) is 4.79. The number of thioether (sulfide) groups is 1. The van der Waals surface area contributed by atoms with Gasteiger partial charge in [0.05, 0.1) is 10.7 Å². The SMILES string of the molecule is CC1CCN(C(=O)CSc2nc(-c3ccc([N+](=O)[O-])cc3)nc3c2c(=O)n(C)c(=O)n3C)CC1. The monoisotopic (exact) mass is 484 g/mol. The molecule has 0 spiro atoms. The Morgan fingerprint density at radius 3 is 2.38 bits per heavy atom. The third kappa shape index (κ3) is 4.45. The number of nitro groups is 1. The number of aryl methyl sites for hydroxylation is 1. The van der Waals surface area contributed by atoms with Gasteiger partial charge in [-0.05, 0) is 30.9 Å². The number of fused-ring (bicyclic) bond motifs is 1. The third-order valence-electron chi connectivity index (χ3n) is 6.07. The van der Waals surface area contributed by atoms with E-state index >= 15 is 0 Å². The Labute approximate surface area is 198 Å². The summed E-state index contributed by atoms with van der Waals surface area (Å²) < 4.78 is 2.24. The van der Waals surface area contributed by atoms with Crippen LogP contribution in [0.5, 0.6) is 0 Å². The second kappa shape index (κ2) is 9.37. The van der Waals surface area contributed by atoms with Crippen molar-refractivity contribution in [2.24, 2.45) is 20.0 Å². The fourth-order valence-electron chi connectivity index (χ4n) is 3.87. The molecule has 0 saturated carbocycles. The number of carbonyl (C=O) groups excluding carboxylic acids is 1. The number of nitro benzene ring substituents is 1. The van der Waals surface area contributed by atoms with Crippen molar-refractivity contribution in [3.8, 4) is 11.4 Å². The van der Waals surface area contributed by atoms with Crippen LogP contribution in [-0.2, 0) is 18.9 Å². The van der Waals surface area contributed by atoms with Crippen molar-refractivity contribution in [2.75, 3.05) is 18.8 Å². The molecule has 0 aliphatic carbocycles. The Kier molecular flexibility index (Phi) is 6.51. The average Bonchev–Trinajstić information content (AvgIpc) is 2.84. The molecule has 0 N–H and O–H groups in total. The summed E-state index contributed by atoms with van der Waals surface area (Å²) in [5.41, 5.74) is -0.547. The van der Waals surface area contributed by atoms with E-state index in [0.29, 0.717) is 24.6 Å². The van der Waals surface area contributed by atoms with Crippen molar-refractivity contribution >= 4 is 34.4 Å². The zero-order valence-corrected chi connectivity index (χ0v) is 19.9. The van der Waals surface area contributed by atoms with Crippen LogP contribution in [0.4, 0.5) is 5.69 Å². The highest BCUT2D eigenvalue weighted by Crippen LogP contribution is 2.28. The molecule has 1 saturated heterocycles. The number of piperidine rings is 1. The van der Waals surface area contributed by atoms with Gasteiger partial charge < -0.3 is 4.90 Å². The van der Waals surface area contributed by atoms with Gasteiger partial charge in [0.25, 0.3) is 11.2 Å². The van der Waals surface area contributed by atoms with Gasteiger partial charge in [0.2, 0.25) is 5.91 Å². The van der Waals surface area contributed by atoms with Crippen molar-refractivity contribution < 1.29 is 9.72 Å². The molecule has 1 aliphatic heterocycles. The van der Waals surface area contributed by atoms with Crippen LogP contribution in [0.3, 0.4) is 0 Å². The summed E-state index contributed by atoms with van der Waals surface area (Å²) in [6, 6.07) is 5.68. The Bertz CT molecular complexity index is 1390. The van der Waals surface area contributed by atoms with Crippen molar-refractivity contribution in [3.63, 3.8) is 0 Å². The van der Waals surface area contributed by atoms with Crippen LogP contribution < -0.4 is 11.2 Å². The summed E-state index contributed by atoms with van der Waals surface area (Å²) in [6.07, 6.45) is 1.92. The fraction of sp³-hybridized carbons (Fsp3) is 0.409. The molecule has 1 fully saturated rings. The molecule has 0 atom stereocenters. The number of hydrogen-bond donors (Lipinski definition) is 0. The predicted octanol–water partition coefficient (Wildman–Crippen LogP) is 1.95. The lowest BCUT2D eigenvalue weighted by atomic mass is 9.99. The van der Waals surface area contributed by atoms with E-state index in [4.69, 9.17) is 0 Å². The first-order chi connectivity index (χ1) is 16.2. The van der Waals surface area contributed by atoms with E-state index < -0.39 is 16.2 Å². The maximum absolute atomic E-state index is 13.0. The van der Waals surface area contributed by atoms with Crippen LogP contribution in [0.1, 0.15) is 19.8 Å². The minimum atomic E-state index is -0.546. The number of non-ortho nitro benzene ring substituents is 1. The van der Waals surface area contributed by atoms with Gasteiger partial charge in [-0.2, -0.15) is 0 Å². The summed E-state index contributed by atoms with van der Waals surface area (Å²) >= 11 is 1.13. The van der Waals surface area contributed by atoms with E-state index in [1.807, 2.05) is 4.90 Å². The Morgan fingerprint density at radius 1 is 1.12 bits per heavy atom. The quantitative estimate of drug-likeness (QED) is 0.232. The molecule has 11 nitrogen and oxygen atoms in total. The normalized spacial score (nSPS) is 14.5. The molecule has 0 bridgehead atoms. The van der Waals surface area contributed by atoms with Gasteiger partial charge in [0.15, 0.2) is 11.5 Å². The summed E-state index contributed by atoms with van der Waals surface area (Å²) in [6.45, 7) is 3.58. The third-order valence-corrected chi connectivity index (χ3v) is 7.03. The van der Waals surface area contributed by atoms with Gasteiger partial charge in [-0.25, -0.2) is 14.8 Å². The topological polar surface area (TPSA) is 133 Å². The van der Waals surface area contributed by atoms with Crippen LogP contribution in [-0.4, -0.2) is 53.7 Å². The van der Waals surface area contributed by atoms with E-state index in [2.05, 4.69) is 16.9 Å². The van der Waals surface area contributed by atoms with Gasteiger partial charge in [0.1, 0.15) is 10.4 Å².